The molecular weight excluding hydrogens is 380 g/mol. The molecule has 0 bridgehead atoms. The highest BCUT2D eigenvalue weighted by atomic mass is 35.5. The first-order valence-electron chi connectivity index (χ1n) is 8.72. The third-order valence-corrected chi connectivity index (χ3v) is 5.49. The Morgan fingerprint density at radius 1 is 1.26 bits per heavy atom. The molecule has 0 spiro atoms. The van der Waals surface area contributed by atoms with Crippen molar-refractivity contribution in [2.24, 2.45) is 0 Å². The van der Waals surface area contributed by atoms with E-state index in [0.29, 0.717) is 24.5 Å². The number of nitrogens with zero attached hydrogens (tertiary/aromatic N) is 3. The second kappa shape index (κ2) is 7.98. The minimum atomic E-state index is 0.0162. The number of halogens is 1. The van der Waals surface area contributed by atoms with Crippen LogP contribution >= 0.6 is 22.9 Å². The number of hydrogen-bond acceptors (Lipinski definition) is 3. The number of fused-ring (bicyclic) bond motifs is 1. The Labute approximate surface area is 166 Å². The van der Waals surface area contributed by atoms with E-state index < -0.39 is 0 Å². The van der Waals surface area contributed by atoms with Gasteiger partial charge in [-0.05, 0) is 52.7 Å². The average molecular weight is 399 g/mol. The summed E-state index contributed by atoms with van der Waals surface area (Å²) < 4.78 is 4.10. The zero-order valence-corrected chi connectivity index (χ0v) is 16.2. The molecule has 5 nitrogen and oxygen atoms in total. The lowest BCUT2D eigenvalue weighted by atomic mass is 10.1. The van der Waals surface area contributed by atoms with E-state index in [4.69, 9.17) is 11.6 Å². The molecule has 1 N–H and O–H groups in total. The van der Waals surface area contributed by atoms with Crippen LogP contribution < -0.4 is 5.32 Å². The van der Waals surface area contributed by atoms with Gasteiger partial charge in [0.05, 0.1) is 29.8 Å². The Kier molecular flexibility index (Phi) is 5.27. The van der Waals surface area contributed by atoms with Gasteiger partial charge in [-0.15, -0.1) is 0 Å². The van der Waals surface area contributed by atoms with Crippen LogP contribution in [0.15, 0.2) is 65.9 Å². The SMILES string of the molecule is O=C(C[C@@H](c1ccsc1)n1cccc1)NCCn1cnc2cc(Cl)ccc21. The molecule has 3 aromatic heterocycles. The highest BCUT2D eigenvalue weighted by Gasteiger charge is 2.17. The minimum absolute atomic E-state index is 0.0162. The van der Waals surface area contributed by atoms with Crippen molar-refractivity contribution in [2.75, 3.05) is 6.54 Å². The maximum absolute atomic E-state index is 12.5. The first-order chi connectivity index (χ1) is 13.2. The van der Waals surface area contributed by atoms with Crippen LogP contribution in [0.4, 0.5) is 0 Å². The summed E-state index contributed by atoms with van der Waals surface area (Å²) >= 11 is 7.65. The van der Waals surface area contributed by atoms with E-state index in [1.165, 1.54) is 0 Å². The summed E-state index contributed by atoms with van der Waals surface area (Å²) in [7, 11) is 0. The zero-order valence-electron chi connectivity index (χ0n) is 14.6. The molecular formula is C20H19ClN4OS. The summed E-state index contributed by atoms with van der Waals surface area (Å²) in [6.45, 7) is 1.21. The van der Waals surface area contributed by atoms with Gasteiger partial charge in [0.1, 0.15) is 0 Å². The van der Waals surface area contributed by atoms with Crippen LogP contribution in [0.25, 0.3) is 11.0 Å². The van der Waals surface area contributed by atoms with Crippen LogP contribution in [0.2, 0.25) is 5.02 Å². The van der Waals surface area contributed by atoms with Crippen molar-refractivity contribution in [3.63, 3.8) is 0 Å². The van der Waals surface area contributed by atoms with E-state index in [9.17, 15) is 4.79 Å². The van der Waals surface area contributed by atoms with Crippen LogP contribution in [0, 0.1) is 0 Å². The van der Waals surface area contributed by atoms with Gasteiger partial charge in [-0.25, -0.2) is 4.98 Å². The normalized spacial score (nSPS) is 12.3. The van der Waals surface area contributed by atoms with Gasteiger partial charge in [0.25, 0.3) is 0 Å². The number of hydrogen-bond donors (Lipinski definition) is 1. The number of thiophene rings is 1. The molecule has 0 aliphatic carbocycles. The van der Waals surface area contributed by atoms with E-state index in [2.05, 4.69) is 26.3 Å². The Balaban J connectivity index is 1.37. The minimum Gasteiger partial charge on any atom is -0.354 e. The fourth-order valence-electron chi connectivity index (χ4n) is 3.19. The largest absolute Gasteiger partial charge is 0.354 e. The predicted octanol–water partition coefficient (Wildman–Crippen LogP) is 4.35. The summed E-state index contributed by atoms with van der Waals surface area (Å²) in [5.41, 5.74) is 3.03. The van der Waals surface area contributed by atoms with Crippen molar-refractivity contribution >= 4 is 39.9 Å². The zero-order chi connectivity index (χ0) is 18.6. The summed E-state index contributed by atoms with van der Waals surface area (Å²) in [4.78, 5) is 16.9. The maximum atomic E-state index is 12.5. The number of carbonyl (C=O) groups excluding carboxylic acids is 1. The number of rotatable bonds is 7. The molecule has 0 aliphatic heterocycles. The third-order valence-electron chi connectivity index (χ3n) is 4.55. The van der Waals surface area contributed by atoms with Crippen LogP contribution in [-0.4, -0.2) is 26.6 Å². The molecule has 7 heteroatoms. The number of amides is 1. The molecule has 0 radical (unpaired) electrons. The number of imidazole rings is 1. The van der Waals surface area contributed by atoms with Gasteiger partial charge < -0.3 is 14.5 Å². The van der Waals surface area contributed by atoms with E-state index in [1.807, 2.05) is 52.7 Å². The van der Waals surface area contributed by atoms with Gasteiger partial charge in [0.2, 0.25) is 5.91 Å². The molecule has 1 amide bonds. The molecule has 4 rings (SSSR count). The maximum Gasteiger partial charge on any atom is 0.222 e. The van der Waals surface area contributed by atoms with E-state index in [0.717, 1.165) is 16.6 Å². The van der Waals surface area contributed by atoms with Gasteiger partial charge in [0, 0.05) is 30.5 Å². The van der Waals surface area contributed by atoms with Gasteiger partial charge in [-0.2, -0.15) is 11.3 Å². The van der Waals surface area contributed by atoms with Crippen molar-refractivity contribution in [1.29, 1.82) is 0 Å². The lowest BCUT2D eigenvalue weighted by molar-refractivity contribution is -0.121. The molecule has 0 aliphatic rings. The van der Waals surface area contributed by atoms with Crippen molar-refractivity contribution in [1.82, 2.24) is 19.4 Å². The standard InChI is InChI=1S/C20H19ClN4OS/c21-16-3-4-18-17(11-16)23-14-25(18)9-6-22-20(26)12-19(15-5-10-27-13-15)24-7-1-2-8-24/h1-5,7-8,10-11,13-14,19H,6,9,12H2,(H,22,26)/t19-/m0/s1. The first kappa shape index (κ1) is 17.8. The molecule has 0 fully saturated rings. The lowest BCUT2D eigenvalue weighted by Crippen LogP contribution is -2.29. The monoisotopic (exact) mass is 398 g/mol. The molecule has 0 unspecified atom stereocenters. The number of carbonyl (C=O) groups is 1. The predicted molar refractivity (Wildman–Crippen MR) is 109 cm³/mol. The van der Waals surface area contributed by atoms with Crippen molar-refractivity contribution in [2.45, 2.75) is 19.0 Å². The van der Waals surface area contributed by atoms with Crippen molar-refractivity contribution in [3.8, 4) is 0 Å². The molecule has 3 heterocycles. The Bertz CT molecular complexity index is 990. The van der Waals surface area contributed by atoms with Crippen LogP contribution in [0.5, 0.6) is 0 Å². The lowest BCUT2D eigenvalue weighted by Gasteiger charge is -2.18. The Morgan fingerprint density at radius 3 is 2.89 bits per heavy atom. The fraction of sp³-hybridized carbons (Fsp3) is 0.200. The highest BCUT2D eigenvalue weighted by molar-refractivity contribution is 7.08. The summed E-state index contributed by atoms with van der Waals surface area (Å²) in [6, 6.07) is 11.7. The molecule has 138 valence electrons. The third kappa shape index (κ3) is 4.07. The van der Waals surface area contributed by atoms with Gasteiger partial charge in [-0.1, -0.05) is 11.6 Å². The average Bonchev–Trinajstić information content (AvgIpc) is 3.41. The van der Waals surface area contributed by atoms with E-state index >= 15 is 0 Å². The van der Waals surface area contributed by atoms with Gasteiger partial charge in [0.15, 0.2) is 0 Å². The summed E-state index contributed by atoms with van der Waals surface area (Å²) in [6.07, 6.45) is 6.18. The van der Waals surface area contributed by atoms with Crippen molar-refractivity contribution in [3.05, 3.63) is 76.5 Å². The van der Waals surface area contributed by atoms with E-state index in [1.54, 1.807) is 17.7 Å². The summed E-state index contributed by atoms with van der Waals surface area (Å²) in [5, 5.41) is 7.84. The summed E-state index contributed by atoms with van der Waals surface area (Å²) in [5.74, 6) is 0.0346. The first-order valence-corrected chi connectivity index (χ1v) is 10.0. The molecule has 1 aromatic carbocycles. The fourth-order valence-corrected chi connectivity index (χ4v) is 4.07. The van der Waals surface area contributed by atoms with Crippen LogP contribution in [-0.2, 0) is 11.3 Å². The van der Waals surface area contributed by atoms with E-state index in [-0.39, 0.29) is 11.9 Å². The van der Waals surface area contributed by atoms with Crippen LogP contribution in [0.3, 0.4) is 0 Å². The second-order valence-electron chi connectivity index (χ2n) is 6.33. The topological polar surface area (TPSA) is 51.9 Å². The van der Waals surface area contributed by atoms with Gasteiger partial charge >= 0.3 is 0 Å². The quantitative estimate of drug-likeness (QED) is 0.503. The van der Waals surface area contributed by atoms with Crippen molar-refractivity contribution < 1.29 is 4.79 Å². The van der Waals surface area contributed by atoms with Gasteiger partial charge in [-0.3, -0.25) is 4.79 Å². The highest BCUT2D eigenvalue weighted by Crippen LogP contribution is 2.24. The smallest absolute Gasteiger partial charge is 0.222 e. The Hall–Kier alpha value is -2.57. The number of nitrogens with one attached hydrogen (secondary N) is 1. The molecule has 0 saturated heterocycles. The second-order valence-corrected chi connectivity index (χ2v) is 7.54. The molecule has 4 aromatic rings. The molecule has 27 heavy (non-hydrogen) atoms. The number of aromatic nitrogens is 3. The number of benzene rings is 1. The molecule has 1 atom stereocenters. The molecule has 0 saturated carbocycles. The Morgan fingerprint density at radius 2 is 2.11 bits per heavy atom. The van der Waals surface area contributed by atoms with Crippen LogP contribution in [0.1, 0.15) is 18.0 Å².